The summed E-state index contributed by atoms with van der Waals surface area (Å²) in [7, 11) is 0. The van der Waals surface area contributed by atoms with Crippen molar-refractivity contribution in [1.29, 1.82) is 0 Å². The summed E-state index contributed by atoms with van der Waals surface area (Å²) in [4.78, 5) is 5.83. The molecule has 0 aliphatic rings. The summed E-state index contributed by atoms with van der Waals surface area (Å²) in [5, 5.41) is 38.1. The van der Waals surface area contributed by atoms with Gasteiger partial charge in [-0.3, -0.25) is 0 Å². The van der Waals surface area contributed by atoms with Crippen molar-refractivity contribution in [2.75, 3.05) is 0 Å². The van der Waals surface area contributed by atoms with E-state index in [-0.39, 0.29) is 23.0 Å². The Kier molecular flexibility index (Phi) is 3.27. The van der Waals surface area contributed by atoms with Crippen molar-refractivity contribution in [3.8, 4) is 23.0 Å². The van der Waals surface area contributed by atoms with Gasteiger partial charge >= 0.3 is 0 Å². The number of rotatable bonds is 0. The molecule has 2 heterocycles. The second-order valence-corrected chi connectivity index (χ2v) is 4.81. The highest BCUT2D eigenvalue weighted by Gasteiger charge is 2.01. The van der Waals surface area contributed by atoms with Gasteiger partial charge in [-0.05, 0) is 24.3 Å². The van der Waals surface area contributed by atoms with Crippen LogP contribution < -0.4 is 0 Å². The van der Waals surface area contributed by atoms with Crippen LogP contribution in [0.3, 0.4) is 0 Å². The monoisotopic (exact) mass is 298 g/mol. The number of fused-ring (bicyclic) bond motifs is 2. The minimum atomic E-state index is -0.0973. The van der Waals surface area contributed by atoms with Crippen LogP contribution in [0.25, 0.3) is 21.8 Å². The molecule has 0 radical (unpaired) electrons. The lowest BCUT2D eigenvalue weighted by atomic mass is 10.2. The first-order chi connectivity index (χ1) is 10.5. The molecule has 0 atom stereocenters. The summed E-state index contributed by atoms with van der Waals surface area (Å²) in [6.07, 6.45) is 3.51. The maximum Gasteiger partial charge on any atom is 0.159 e. The van der Waals surface area contributed by atoms with E-state index in [0.717, 1.165) is 21.8 Å². The molecule has 0 saturated carbocycles. The minimum Gasteiger partial charge on any atom is -0.504 e. The first kappa shape index (κ1) is 13.7. The maximum absolute atomic E-state index is 9.07. The second kappa shape index (κ2) is 5.25. The molecule has 6 nitrogen and oxygen atoms in total. The van der Waals surface area contributed by atoms with Gasteiger partial charge in [0.1, 0.15) is 0 Å². The van der Waals surface area contributed by atoms with E-state index >= 15 is 0 Å². The average Bonchev–Trinajstić information content (AvgIpc) is 3.09. The van der Waals surface area contributed by atoms with Crippen LogP contribution in [-0.4, -0.2) is 30.4 Å². The molecule has 2 aromatic heterocycles. The average molecular weight is 298 g/mol. The highest BCUT2D eigenvalue weighted by atomic mass is 16.3. The van der Waals surface area contributed by atoms with Gasteiger partial charge in [-0.15, -0.1) is 0 Å². The largest absolute Gasteiger partial charge is 0.504 e. The van der Waals surface area contributed by atoms with Crippen LogP contribution in [0.15, 0.2) is 48.8 Å². The molecule has 4 aromatic rings. The lowest BCUT2D eigenvalue weighted by Gasteiger charge is -1.95. The zero-order valence-corrected chi connectivity index (χ0v) is 11.4. The predicted molar refractivity (Wildman–Crippen MR) is 83.3 cm³/mol. The number of H-pyrrole nitrogens is 2. The van der Waals surface area contributed by atoms with Crippen LogP contribution in [0.4, 0.5) is 0 Å². The maximum atomic E-state index is 9.07. The second-order valence-electron chi connectivity index (χ2n) is 4.81. The van der Waals surface area contributed by atoms with Crippen molar-refractivity contribution in [3.63, 3.8) is 0 Å². The lowest BCUT2D eigenvalue weighted by molar-refractivity contribution is 0.405. The molecule has 0 saturated heterocycles. The highest BCUT2D eigenvalue weighted by molar-refractivity contribution is 5.83. The van der Waals surface area contributed by atoms with Crippen molar-refractivity contribution in [1.82, 2.24) is 9.97 Å². The van der Waals surface area contributed by atoms with Gasteiger partial charge < -0.3 is 30.4 Å². The minimum absolute atomic E-state index is 0.0860. The summed E-state index contributed by atoms with van der Waals surface area (Å²) >= 11 is 0. The summed E-state index contributed by atoms with van der Waals surface area (Å²) < 4.78 is 0. The van der Waals surface area contributed by atoms with Gasteiger partial charge in [-0.25, -0.2) is 0 Å². The number of benzene rings is 2. The van der Waals surface area contributed by atoms with Gasteiger partial charge in [-0.2, -0.15) is 0 Å². The van der Waals surface area contributed by atoms with E-state index in [2.05, 4.69) is 9.97 Å². The first-order valence-electron chi connectivity index (χ1n) is 6.53. The van der Waals surface area contributed by atoms with Crippen molar-refractivity contribution >= 4 is 21.8 Å². The van der Waals surface area contributed by atoms with Gasteiger partial charge in [0.25, 0.3) is 0 Å². The molecule has 2 aromatic carbocycles. The third-order valence-corrected chi connectivity index (χ3v) is 3.30. The normalized spacial score (nSPS) is 10.5. The molecule has 0 unspecified atom stereocenters. The number of hydrogen-bond acceptors (Lipinski definition) is 4. The zero-order chi connectivity index (χ0) is 15.7. The van der Waals surface area contributed by atoms with Crippen LogP contribution in [0.5, 0.6) is 23.0 Å². The van der Waals surface area contributed by atoms with E-state index < -0.39 is 0 Å². The lowest BCUT2D eigenvalue weighted by Crippen LogP contribution is -1.69. The number of phenolic OH excluding ortho intramolecular Hbond substituents is 4. The Morgan fingerprint density at radius 2 is 0.909 bits per heavy atom. The fourth-order valence-corrected chi connectivity index (χ4v) is 2.15. The molecule has 0 aliphatic carbocycles. The summed E-state index contributed by atoms with van der Waals surface area (Å²) in [5.74, 6) is -0.367. The molecule has 6 N–H and O–H groups in total. The van der Waals surface area contributed by atoms with Crippen LogP contribution in [-0.2, 0) is 0 Å². The fourth-order valence-electron chi connectivity index (χ4n) is 2.15. The third kappa shape index (κ3) is 2.49. The molecule has 0 bridgehead atoms. The SMILES string of the molecule is Oc1cc2cc[nH]c2cc1O.Oc1cc2cc[nH]c2cc1O. The number of aromatic amines is 2. The third-order valence-electron chi connectivity index (χ3n) is 3.30. The van der Waals surface area contributed by atoms with Gasteiger partial charge in [0.2, 0.25) is 0 Å². The van der Waals surface area contributed by atoms with E-state index in [1.807, 2.05) is 12.1 Å². The van der Waals surface area contributed by atoms with Crippen molar-refractivity contribution in [2.24, 2.45) is 0 Å². The molecular weight excluding hydrogens is 284 g/mol. The van der Waals surface area contributed by atoms with Crippen molar-refractivity contribution in [3.05, 3.63) is 48.8 Å². The van der Waals surface area contributed by atoms with Gasteiger partial charge in [0, 0.05) is 46.3 Å². The molecule has 112 valence electrons. The molecule has 22 heavy (non-hydrogen) atoms. The van der Waals surface area contributed by atoms with E-state index in [1.165, 1.54) is 24.3 Å². The van der Waals surface area contributed by atoms with Crippen LogP contribution in [0, 0.1) is 0 Å². The fraction of sp³-hybridized carbons (Fsp3) is 0. The van der Waals surface area contributed by atoms with Gasteiger partial charge in [0.05, 0.1) is 0 Å². The number of aromatic hydroxyl groups is 4. The topological polar surface area (TPSA) is 113 Å². The quantitative estimate of drug-likeness (QED) is 0.280. The molecular formula is C16H14N2O4. The number of phenols is 4. The van der Waals surface area contributed by atoms with Crippen LogP contribution >= 0.6 is 0 Å². The van der Waals surface area contributed by atoms with Crippen LogP contribution in [0.1, 0.15) is 0 Å². The zero-order valence-electron chi connectivity index (χ0n) is 11.4. The van der Waals surface area contributed by atoms with Gasteiger partial charge in [-0.1, -0.05) is 0 Å². The number of hydrogen-bond donors (Lipinski definition) is 6. The Labute approximate surface area is 124 Å². The van der Waals surface area contributed by atoms with E-state index in [1.54, 1.807) is 12.4 Å². The van der Waals surface area contributed by atoms with Gasteiger partial charge in [0.15, 0.2) is 23.0 Å². The standard InChI is InChI=1S/2C8H7NO2/c2*10-7-3-5-1-2-9-6(5)4-8(7)11/h2*1-4,9-11H. The Morgan fingerprint density at radius 1 is 0.545 bits per heavy atom. The molecule has 0 aliphatic heterocycles. The Hall–Kier alpha value is -3.28. The van der Waals surface area contributed by atoms with Crippen LogP contribution in [0.2, 0.25) is 0 Å². The highest BCUT2D eigenvalue weighted by Crippen LogP contribution is 2.29. The first-order valence-corrected chi connectivity index (χ1v) is 6.53. The number of nitrogens with one attached hydrogen (secondary N) is 2. The Morgan fingerprint density at radius 3 is 1.32 bits per heavy atom. The van der Waals surface area contributed by atoms with Crippen molar-refractivity contribution < 1.29 is 20.4 Å². The van der Waals surface area contributed by atoms with E-state index in [4.69, 9.17) is 20.4 Å². The van der Waals surface area contributed by atoms with E-state index in [0.29, 0.717) is 0 Å². The Bertz CT molecular complexity index is 790. The Balaban J connectivity index is 0.000000131. The molecule has 6 heteroatoms. The molecule has 4 rings (SSSR count). The predicted octanol–water partition coefficient (Wildman–Crippen LogP) is 3.16. The molecule has 0 spiro atoms. The van der Waals surface area contributed by atoms with E-state index in [9.17, 15) is 0 Å². The summed E-state index contributed by atoms with van der Waals surface area (Å²) in [6.45, 7) is 0. The molecule has 0 amide bonds. The summed E-state index contributed by atoms with van der Waals surface area (Å²) in [6, 6.07) is 9.67. The molecule has 0 fully saturated rings. The van der Waals surface area contributed by atoms with Crippen molar-refractivity contribution in [2.45, 2.75) is 0 Å². The smallest absolute Gasteiger partial charge is 0.159 e. The number of aromatic nitrogens is 2. The summed E-state index contributed by atoms with van der Waals surface area (Å²) in [5.41, 5.74) is 1.64.